The normalized spacial score (nSPS) is 10.8. The summed E-state index contributed by atoms with van der Waals surface area (Å²) in [5.74, 6) is 1.64. The molecule has 0 bridgehead atoms. The number of pyridine rings is 1. The third-order valence-electron chi connectivity index (χ3n) is 15.7. The van der Waals surface area contributed by atoms with E-state index in [2.05, 4.69) is 33.5 Å². The Hall–Kier alpha value is -9.64. The van der Waals surface area contributed by atoms with Crippen molar-refractivity contribution in [1.29, 1.82) is 0 Å². The Labute approximate surface area is 812 Å². The van der Waals surface area contributed by atoms with E-state index in [0.717, 1.165) is 59.5 Å². The molecular weight excluding hydrogens is 1900 g/mol. The zero-order valence-corrected chi connectivity index (χ0v) is 81.1. The molecule has 0 saturated carbocycles. The molecule has 0 spiro atoms. The number of esters is 3. The summed E-state index contributed by atoms with van der Waals surface area (Å²) in [5, 5.41) is 35.4. The second kappa shape index (κ2) is 47.1. The standard InChI is InChI=1S/C25H19N3O3S.C21H18O5S.C15H11F3O6S.C14H12O4.C7H9BO4S.CH2O3.2Cs.H/c1-32(29,30)22-11-9-17(10-12-22)18-14-19(24-27-23-8-5-13-26-25(23)28-24)16-21(15-18)31-20-6-3-2-4-7-20;1-25-21(22)17-12-16(15-8-10-20(11-9-15)27(2,23)24)13-19(14-17)26-18-6-4-3-5-7-18;1-22-14(19)10-7-12(23-11-5-3-2-4-6-11)9-13(8-10)24-25(20,21)15(16,17)18;1-17-14(16)10-7-11(15)9-13(8-10)18-12-5-3-2-4-6-12;1-13(11,12)7-4-2-6(3-5-7)8(9)10;2-1-4-3;;;/h2-16H,1H3,(H,26,27,28);3-14H,1-2H3;2-9H,1H3;2-9,15H,1H3;2-5,9-10H,1H3;1,3H;;;/q;;;;;;2*+1;-1/p-1. The molecule has 0 saturated heterocycles. The van der Waals surface area contributed by atoms with Crippen LogP contribution in [0.25, 0.3) is 44.8 Å². The fourth-order valence-corrected chi connectivity index (χ4v) is 12.5. The number of methoxy groups -OCH3 is 3. The number of imidazole rings is 1. The van der Waals surface area contributed by atoms with Crippen LogP contribution < -0.4 is 172 Å². The predicted molar refractivity (Wildman–Crippen MR) is 431 cm³/mol. The number of para-hydroxylation sites is 4. The summed E-state index contributed by atoms with van der Waals surface area (Å²) in [6, 6.07) is 76.4. The number of nitrogens with one attached hydrogen (secondary N) is 1. The summed E-state index contributed by atoms with van der Waals surface area (Å²) in [4.78, 5) is 59.2. The van der Waals surface area contributed by atoms with E-state index < -0.39 is 75.9 Å². The van der Waals surface area contributed by atoms with Gasteiger partial charge in [-0.1, -0.05) is 109 Å². The molecule has 0 aliphatic rings. The number of ether oxygens (including phenoxy) is 7. The quantitative estimate of drug-likeness (QED) is 0.00785. The monoisotopic (exact) mass is 1970 g/mol. The van der Waals surface area contributed by atoms with E-state index in [1.807, 2.05) is 109 Å². The van der Waals surface area contributed by atoms with Gasteiger partial charge in [-0.15, -0.1) is 0 Å². The first-order valence-corrected chi connectivity index (χ1v) is 41.3. The number of hydrogen-bond donors (Lipinski definition) is 4. The molecule has 0 unspecified atom stereocenters. The summed E-state index contributed by atoms with van der Waals surface area (Å²) in [6.07, 6.45) is 5.16. The second-order valence-electron chi connectivity index (χ2n) is 24.5. The first-order chi connectivity index (χ1) is 56.4. The average Bonchev–Trinajstić information content (AvgIpc) is 1.54. The van der Waals surface area contributed by atoms with Crippen LogP contribution >= 0.6 is 0 Å². The van der Waals surface area contributed by atoms with Gasteiger partial charge < -0.3 is 69.1 Å². The van der Waals surface area contributed by atoms with Crippen molar-refractivity contribution in [3.8, 4) is 91.1 Å². The Kier molecular flexibility index (Phi) is 39.0. The molecule has 0 radical (unpaired) electrons. The van der Waals surface area contributed by atoms with Gasteiger partial charge in [0, 0.05) is 42.7 Å². The van der Waals surface area contributed by atoms with E-state index in [-0.39, 0.29) is 188 Å². The molecule has 0 amide bonds. The molecule has 618 valence electrons. The molecule has 121 heavy (non-hydrogen) atoms. The van der Waals surface area contributed by atoms with Gasteiger partial charge in [-0.2, -0.15) is 21.6 Å². The number of nitrogens with zero attached hydrogens (tertiary/aromatic N) is 2. The molecule has 38 heteroatoms. The molecule has 11 aromatic carbocycles. The third kappa shape index (κ3) is 31.6. The number of carbonyl (C=O) groups excluding carboxylic acids is 4. The van der Waals surface area contributed by atoms with Gasteiger partial charge in [0.15, 0.2) is 35.2 Å². The number of H-pyrrole nitrogens is 1. The van der Waals surface area contributed by atoms with Crippen molar-refractivity contribution in [3.63, 3.8) is 0 Å². The number of aromatic nitrogens is 3. The molecule has 2 aromatic heterocycles. The van der Waals surface area contributed by atoms with Crippen molar-refractivity contribution >= 4 is 87.8 Å². The van der Waals surface area contributed by atoms with Crippen molar-refractivity contribution in [2.24, 2.45) is 0 Å². The van der Waals surface area contributed by atoms with Gasteiger partial charge in [0.2, 0.25) is 0 Å². The van der Waals surface area contributed by atoms with E-state index in [1.165, 1.54) is 81.1 Å². The first kappa shape index (κ1) is 100. The Morgan fingerprint density at radius 1 is 0.430 bits per heavy atom. The summed E-state index contributed by atoms with van der Waals surface area (Å²) in [7, 11) is -13.6. The fraction of sp³-hybridized carbons (Fsp3) is 0.0843. The number of benzene rings is 11. The van der Waals surface area contributed by atoms with E-state index in [1.54, 1.807) is 103 Å². The number of carbonyl (C=O) groups is 4. The number of alkyl halides is 3. The topological polar surface area (TPSA) is 413 Å². The largest absolute Gasteiger partial charge is 1.00 e. The van der Waals surface area contributed by atoms with Crippen LogP contribution in [0.3, 0.4) is 0 Å². The number of phenolic OH excluding ortho intramolecular Hbond substituents is 1. The summed E-state index contributed by atoms with van der Waals surface area (Å²) in [5.41, 5.74) is 0.510. The van der Waals surface area contributed by atoms with Crippen LogP contribution in [0.15, 0.2) is 300 Å². The van der Waals surface area contributed by atoms with Crippen LogP contribution in [0.4, 0.5) is 13.2 Å². The number of fused-ring (bicyclic) bond motifs is 1. The van der Waals surface area contributed by atoms with Crippen LogP contribution in [0.5, 0.6) is 57.5 Å². The van der Waals surface area contributed by atoms with E-state index in [4.69, 9.17) is 43.8 Å². The molecule has 13 aromatic rings. The predicted octanol–water partition coefficient (Wildman–Crippen LogP) is 7.61. The van der Waals surface area contributed by atoms with Crippen molar-refractivity contribution in [3.05, 3.63) is 302 Å². The minimum atomic E-state index is -5.90. The Balaban J connectivity index is 0.000000273. The van der Waals surface area contributed by atoms with Crippen molar-refractivity contribution < 1.29 is 268 Å². The van der Waals surface area contributed by atoms with E-state index in [0.29, 0.717) is 62.8 Å². The first-order valence-electron chi connectivity index (χ1n) is 34.2. The van der Waals surface area contributed by atoms with Gasteiger partial charge in [0.05, 0.1) is 58.2 Å². The molecule has 0 fully saturated rings. The Bertz CT molecular complexity index is 6100. The number of aromatic hydroxyl groups is 1. The maximum absolute atomic E-state index is 12.5. The molecule has 28 nitrogen and oxygen atoms in total. The van der Waals surface area contributed by atoms with Crippen molar-refractivity contribution in [1.82, 2.24) is 15.0 Å². The maximum Gasteiger partial charge on any atom is 1.00 e. The number of aromatic amines is 1. The van der Waals surface area contributed by atoms with Crippen LogP contribution in [-0.4, -0.2) is 141 Å². The minimum absolute atomic E-state index is 0. The molecule has 0 atom stereocenters. The number of sulfone groups is 3. The summed E-state index contributed by atoms with van der Waals surface area (Å²) < 4.78 is 169. The molecular formula is C83H71BCs2F3N3O25S4. The molecule has 2 heterocycles. The number of halogens is 3. The van der Waals surface area contributed by atoms with Gasteiger partial charge >= 0.3 is 178 Å². The van der Waals surface area contributed by atoms with Gasteiger partial charge in [-0.3, -0.25) is 4.79 Å². The second-order valence-corrected chi connectivity index (χ2v) is 32.1. The fourth-order valence-electron chi connectivity index (χ4n) is 10.1. The molecule has 0 aliphatic heterocycles. The third-order valence-corrected chi connectivity index (χ3v) is 20.0. The smallest absolute Gasteiger partial charge is 1.00 e. The van der Waals surface area contributed by atoms with Gasteiger partial charge in [-0.25, -0.2) is 49.6 Å². The van der Waals surface area contributed by atoms with Gasteiger partial charge in [-0.05, 0) is 185 Å². The van der Waals surface area contributed by atoms with Gasteiger partial charge in [0.1, 0.15) is 63.3 Å². The van der Waals surface area contributed by atoms with Crippen LogP contribution in [0.1, 0.15) is 32.5 Å². The van der Waals surface area contributed by atoms with E-state index in [9.17, 15) is 66.3 Å². The van der Waals surface area contributed by atoms with Crippen LogP contribution in [-0.2, 0) is 63.5 Å². The Morgan fingerprint density at radius 3 is 1.13 bits per heavy atom. The summed E-state index contributed by atoms with van der Waals surface area (Å²) in [6.45, 7) is -0.181. The number of rotatable bonds is 21. The average molecular weight is 1970 g/mol. The minimum Gasteiger partial charge on any atom is -1.00 e. The molecule has 0 aliphatic carbocycles. The van der Waals surface area contributed by atoms with Crippen LogP contribution in [0, 0.1) is 0 Å². The zero-order chi connectivity index (χ0) is 86.7. The van der Waals surface area contributed by atoms with Crippen molar-refractivity contribution in [2.45, 2.75) is 20.2 Å². The molecule has 4 N–H and O–H groups in total. The molecule has 13 rings (SSSR count). The number of phenols is 1. The van der Waals surface area contributed by atoms with E-state index >= 15 is 0 Å². The summed E-state index contributed by atoms with van der Waals surface area (Å²) >= 11 is 0. The zero-order valence-electron chi connectivity index (χ0n) is 66.3. The van der Waals surface area contributed by atoms with Crippen LogP contribution in [0.2, 0.25) is 0 Å². The van der Waals surface area contributed by atoms with Crippen molar-refractivity contribution in [2.75, 3.05) is 40.1 Å². The maximum atomic E-state index is 12.5. The number of hydrogen-bond acceptors (Lipinski definition) is 27. The SMILES string of the molecule is COC(=O)c1cc(O)cc(Oc2ccccc2)c1.COC(=O)c1cc(Oc2ccccc2)cc(-c2ccc(S(C)(=O)=O)cc2)c1.COC(=O)c1cc(Oc2ccccc2)cc(OS(=O)(=O)C(F)(F)F)c1.CS(=O)(=O)c1ccc(-c2cc(Oc3ccccc3)cc(-c3nc4ncccc4[nH]3)c2)cc1.CS(=O)(=O)c1ccc(B(O)O)cc1.O=CO[O-].[Cs+].[Cs+].[H-]. The van der Waals surface area contributed by atoms with Gasteiger partial charge in [0.25, 0.3) is 6.47 Å². The Morgan fingerprint density at radius 2 is 0.769 bits per heavy atom.